The van der Waals surface area contributed by atoms with Crippen LogP contribution < -0.4 is 5.32 Å². The van der Waals surface area contributed by atoms with Crippen LogP contribution in [0.5, 0.6) is 0 Å². The lowest BCUT2D eigenvalue weighted by Gasteiger charge is -2.26. The number of aliphatic hydroxyl groups excluding tert-OH is 1. The minimum absolute atomic E-state index is 0.156. The van der Waals surface area contributed by atoms with Gasteiger partial charge < -0.3 is 10.4 Å². The van der Waals surface area contributed by atoms with Crippen LogP contribution in [-0.4, -0.2) is 18.3 Å². The molecule has 0 aliphatic heterocycles. The van der Waals surface area contributed by atoms with Gasteiger partial charge in [0.1, 0.15) is 0 Å². The fourth-order valence-corrected chi connectivity index (χ4v) is 3.87. The second kappa shape index (κ2) is 5.63. The number of hydrogen-bond donors (Lipinski definition) is 2. The summed E-state index contributed by atoms with van der Waals surface area (Å²) in [7, 11) is 0. The number of nitrogens with one attached hydrogen (secondary N) is 1. The van der Waals surface area contributed by atoms with Gasteiger partial charge in [0, 0.05) is 34.5 Å². The molecular formula is C12H18BrNOS. The molecule has 2 N–H and O–H groups in total. The number of hydrogen-bond acceptors (Lipinski definition) is 3. The van der Waals surface area contributed by atoms with Gasteiger partial charge in [-0.15, -0.1) is 11.3 Å². The summed E-state index contributed by atoms with van der Waals surface area (Å²) >= 11 is 5.30. The third-order valence-corrected chi connectivity index (χ3v) is 5.40. The van der Waals surface area contributed by atoms with Crippen molar-refractivity contribution in [2.45, 2.75) is 32.2 Å². The molecule has 2 rings (SSSR count). The lowest BCUT2D eigenvalue weighted by Crippen LogP contribution is -2.34. The Morgan fingerprint density at radius 3 is 2.75 bits per heavy atom. The summed E-state index contributed by atoms with van der Waals surface area (Å²) in [6, 6.07) is 2.08. The zero-order valence-electron chi connectivity index (χ0n) is 9.34. The van der Waals surface area contributed by atoms with Crippen LogP contribution in [0.3, 0.4) is 0 Å². The summed E-state index contributed by atoms with van der Waals surface area (Å²) < 4.78 is 1.19. The highest BCUT2D eigenvalue weighted by molar-refractivity contribution is 9.10. The molecule has 0 amide bonds. The zero-order chi connectivity index (χ0) is 11.4. The first kappa shape index (κ1) is 12.6. The van der Waals surface area contributed by atoms with Crippen molar-refractivity contribution >= 4 is 27.3 Å². The molecule has 90 valence electrons. The van der Waals surface area contributed by atoms with Gasteiger partial charge in [-0.05, 0) is 40.2 Å². The maximum atomic E-state index is 9.48. The first-order valence-electron chi connectivity index (χ1n) is 5.79. The first-order chi connectivity index (χ1) is 7.76. The van der Waals surface area contributed by atoms with E-state index in [0.29, 0.717) is 6.61 Å². The van der Waals surface area contributed by atoms with Gasteiger partial charge in [-0.25, -0.2) is 0 Å². The largest absolute Gasteiger partial charge is 0.396 e. The molecule has 16 heavy (non-hydrogen) atoms. The van der Waals surface area contributed by atoms with Crippen LogP contribution in [0.4, 0.5) is 0 Å². The second-order valence-electron chi connectivity index (χ2n) is 4.66. The van der Waals surface area contributed by atoms with Gasteiger partial charge in [-0.1, -0.05) is 12.8 Å². The molecule has 2 nitrogen and oxygen atoms in total. The van der Waals surface area contributed by atoms with Gasteiger partial charge in [-0.2, -0.15) is 0 Å². The van der Waals surface area contributed by atoms with Gasteiger partial charge in [0.25, 0.3) is 0 Å². The van der Waals surface area contributed by atoms with Crippen LogP contribution in [-0.2, 0) is 6.54 Å². The molecule has 1 aliphatic carbocycles. The van der Waals surface area contributed by atoms with E-state index in [2.05, 4.69) is 32.7 Å². The average Bonchev–Trinajstić information content (AvgIpc) is 2.90. The second-order valence-corrected chi connectivity index (χ2v) is 6.52. The van der Waals surface area contributed by atoms with E-state index in [1.54, 1.807) is 11.3 Å². The Labute approximate surface area is 109 Å². The van der Waals surface area contributed by atoms with Crippen LogP contribution in [0, 0.1) is 5.41 Å². The molecule has 1 fully saturated rings. The van der Waals surface area contributed by atoms with Crippen molar-refractivity contribution in [3.05, 3.63) is 20.8 Å². The van der Waals surface area contributed by atoms with E-state index in [-0.39, 0.29) is 5.41 Å². The molecule has 1 aromatic heterocycles. The fraction of sp³-hybridized carbons (Fsp3) is 0.667. The van der Waals surface area contributed by atoms with Crippen LogP contribution in [0.1, 0.15) is 30.6 Å². The molecule has 1 saturated carbocycles. The van der Waals surface area contributed by atoms with E-state index >= 15 is 0 Å². The van der Waals surface area contributed by atoms with E-state index in [4.69, 9.17) is 0 Å². The minimum atomic E-state index is 0.156. The summed E-state index contributed by atoms with van der Waals surface area (Å²) in [4.78, 5) is 1.34. The van der Waals surface area contributed by atoms with Crippen LogP contribution >= 0.6 is 27.3 Å². The number of halogens is 1. The predicted octanol–water partition coefficient (Wildman–Crippen LogP) is 3.15. The molecule has 0 bridgehead atoms. The van der Waals surface area contributed by atoms with Crippen LogP contribution in [0.25, 0.3) is 0 Å². The SMILES string of the molecule is OCC1(CNCc2sccc2Br)CCCC1. The number of aliphatic hydroxyl groups is 1. The molecule has 0 radical (unpaired) electrons. The number of rotatable bonds is 5. The maximum absolute atomic E-state index is 9.48. The fourth-order valence-electron chi connectivity index (χ4n) is 2.41. The van der Waals surface area contributed by atoms with E-state index in [0.717, 1.165) is 13.1 Å². The Kier molecular flexibility index (Phi) is 4.41. The molecule has 1 aromatic rings. The summed E-state index contributed by atoms with van der Waals surface area (Å²) in [5.41, 5.74) is 0.156. The van der Waals surface area contributed by atoms with E-state index in [1.165, 1.54) is 35.0 Å². The van der Waals surface area contributed by atoms with Crippen LogP contribution in [0.2, 0.25) is 0 Å². The van der Waals surface area contributed by atoms with Gasteiger partial charge in [0.05, 0.1) is 0 Å². The highest BCUT2D eigenvalue weighted by atomic mass is 79.9. The molecule has 4 heteroatoms. The highest BCUT2D eigenvalue weighted by Crippen LogP contribution is 2.37. The molecule has 1 aliphatic rings. The first-order valence-corrected chi connectivity index (χ1v) is 7.46. The van der Waals surface area contributed by atoms with Crippen LogP contribution in [0.15, 0.2) is 15.9 Å². The lowest BCUT2D eigenvalue weighted by atomic mass is 9.87. The average molecular weight is 304 g/mol. The van der Waals surface area contributed by atoms with Crippen molar-refractivity contribution in [1.29, 1.82) is 0 Å². The summed E-state index contributed by atoms with van der Waals surface area (Å²) in [6.07, 6.45) is 4.88. The Bertz CT molecular complexity index is 334. The van der Waals surface area contributed by atoms with E-state index in [9.17, 15) is 5.11 Å². The third kappa shape index (κ3) is 2.86. The molecule has 1 heterocycles. The number of thiophene rings is 1. The Morgan fingerprint density at radius 1 is 1.44 bits per heavy atom. The van der Waals surface area contributed by atoms with E-state index in [1.807, 2.05) is 0 Å². The Hall–Kier alpha value is 0.100. The topological polar surface area (TPSA) is 32.3 Å². The zero-order valence-corrected chi connectivity index (χ0v) is 11.7. The van der Waals surface area contributed by atoms with Gasteiger partial charge in [-0.3, -0.25) is 0 Å². The maximum Gasteiger partial charge on any atom is 0.0499 e. The van der Waals surface area contributed by atoms with E-state index < -0.39 is 0 Å². The molecule has 0 spiro atoms. The lowest BCUT2D eigenvalue weighted by molar-refractivity contribution is 0.128. The quantitative estimate of drug-likeness (QED) is 0.876. The van der Waals surface area contributed by atoms with Crippen molar-refractivity contribution in [2.24, 2.45) is 5.41 Å². The predicted molar refractivity (Wildman–Crippen MR) is 71.7 cm³/mol. The van der Waals surface area contributed by atoms with Crippen molar-refractivity contribution in [1.82, 2.24) is 5.32 Å². The standard InChI is InChI=1S/C12H18BrNOS/c13-10-3-6-16-11(10)7-14-8-12(9-15)4-1-2-5-12/h3,6,14-15H,1-2,4-5,7-9H2. The molecule has 0 unspecified atom stereocenters. The Balaban J connectivity index is 1.81. The van der Waals surface area contributed by atoms with Crippen molar-refractivity contribution in [3.63, 3.8) is 0 Å². The minimum Gasteiger partial charge on any atom is -0.396 e. The molecular weight excluding hydrogens is 286 g/mol. The third-order valence-electron chi connectivity index (χ3n) is 3.48. The van der Waals surface area contributed by atoms with Gasteiger partial charge in [0.2, 0.25) is 0 Å². The van der Waals surface area contributed by atoms with Crippen molar-refractivity contribution in [2.75, 3.05) is 13.2 Å². The van der Waals surface area contributed by atoms with Gasteiger partial charge >= 0.3 is 0 Å². The molecule has 0 saturated heterocycles. The van der Waals surface area contributed by atoms with Crippen molar-refractivity contribution in [3.8, 4) is 0 Å². The monoisotopic (exact) mass is 303 g/mol. The summed E-state index contributed by atoms with van der Waals surface area (Å²) in [5, 5.41) is 15.1. The molecule has 0 aromatic carbocycles. The highest BCUT2D eigenvalue weighted by Gasteiger charge is 2.32. The summed E-state index contributed by atoms with van der Waals surface area (Å²) in [5.74, 6) is 0. The Morgan fingerprint density at radius 2 is 2.19 bits per heavy atom. The van der Waals surface area contributed by atoms with Gasteiger partial charge in [0.15, 0.2) is 0 Å². The summed E-state index contributed by atoms with van der Waals surface area (Å²) in [6.45, 7) is 2.17. The smallest absolute Gasteiger partial charge is 0.0499 e. The molecule has 0 atom stereocenters. The normalized spacial score (nSPS) is 19.1. The van der Waals surface area contributed by atoms with Crippen molar-refractivity contribution < 1.29 is 5.11 Å².